The Balaban J connectivity index is 2.03. The van der Waals surface area contributed by atoms with Crippen molar-refractivity contribution in [3.63, 3.8) is 0 Å². The Morgan fingerprint density at radius 3 is 2.57 bits per heavy atom. The zero-order valence-electron chi connectivity index (χ0n) is 12.2. The van der Waals surface area contributed by atoms with Crippen LogP contribution in [0.5, 0.6) is 0 Å². The number of benzene rings is 2. The minimum absolute atomic E-state index is 0.129. The van der Waals surface area contributed by atoms with Gasteiger partial charge in [0.1, 0.15) is 0 Å². The van der Waals surface area contributed by atoms with Gasteiger partial charge in [-0.3, -0.25) is 4.79 Å². The number of aryl methyl sites for hydroxylation is 1. The largest absolute Gasteiger partial charge is 0.399 e. The Hall–Kier alpha value is -2.55. The van der Waals surface area contributed by atoms with Crippen LogP contribution < -0.4 is 11.1 Å². The summed E-state index contributed by atoms with van der Waals surface area (Å²) in [5, 5.41) is 2.93. The molecule has 3 heteroatoms. The fourth-order valence-corrected chi connectivity index (χ4v) is 2.08. The summed E-state index contributed by atoms with van der Waals surface area (Å²) in [7, 11) is 0. The van der Waals surface area contributed by atoms with E-state index in [0.717, 1.165) is 29.7 Å². The van der Waals surface area contributed by atoms with Crippen molar-refractivity contribution in [3.05, 3.63) is 65.7 Å². The van der Waals surface area contributed by atoms with E-state index >= 15 is 0 Å². The lowest BCUT2D eigenvalue weighted by Gasteiger charge is -2.08. The van der Waals surface area contributed by atoms with Crippen molar-refractivity contribution in [1.82, 2.24) is 0 Å². The molecule has 0 heterocycles. The first-order chi connectivity index (χ1) is 10.2. The van der Waals surface area contributed by atoms with Gasteiger partial charge in [0.2, 0.25) is 5.91 Å². The van der Waals surface area contributed by atoms with E-state index in [1.54, 1.807) is 6.08 Å². The number of carbonyl (C=O) groups is 1. The minimum Gasteiger partial charge on any atom is -0.399 e. The van der Waals surface area contributed by atoms with E-state index in [-0.39, 0.29) is 5.91 Å². The van der Waals surface area contributed by atoms with Gasteiger partial charge >= 0.3 is 0 Å². The first-order valence-corrected chi connectivity index (χ1v) is 7.11. The maximum absolute atomic E-state index is 12.0. The Bertz CT molecular complexity index is 630. The first kappa shape index (κ1) is 14.9. The van der Waals surface area contributed by atoms with Crippen molar-refractivity contribution in [2.75, 3.05) is 11.1 Å². The number of hydrogen-bond acceptors (Lipinski definition) is 2. The number of rotatable bonds is 5. The van der Waals surface area contributed by atoms with E-state index in [1.807, 2.05) is 48.5 Å². The third-order valence-corrected chi connectivity index (χ3v) is 3.16. The molecule has 0 unspecified atom stereocenters. The van der Waals surface area contributed by atoms with Gasteiger partial charge in [0.25, 0.3) is 0 Å². The Morgan fingerprint density at radius 2 is 1.86 bits per heavy atom. The van der Waals surface area contributed by atoms with Gasteiger partial charge < -0.3 is 11.1 Å². The van der Waals surface area contributed by atoms with Crippen molar-refractivity contribution < 1.29 is 4.79 Å². The number of hydrogen-bond donors (Lipinski definition) is 2. The van der Waals surface area contributed by atoms with Crippen LogP contribution in [0, 0.1) is 0 Å². The van der Waals surface area contributed by atoms with Crippen molar-refractivity contribution in [1.29, 1.82) is 0 Å². The van der Waals surface area contributed by atoms with Gasteiger partial charge in [0.15, 0.2) is 0 Å². The highest BCUT2D eigenvalue weighted by atomic mass is 16.1. The number of nitrogen functional groups attached to an aromatic ring is 1. The second kappa shape index (κ2) is 7.29. The van der Waals surface area contributed by atoms with Gasteiger partial charge in [-0.1, -0.05) is 43.7 Å². The van der Waals surface area contributed by atoms with Crippen molar-refractivity contribution >= 4 is 23.4 Å². The van der Waals surface area contributed by atoms with E-state index in [1.165, 1.54) is 6.08 Å². The molecular formula is C18H20N2O. The molecule has 0 bridgehead atoms. The Kier molecular flexibility index (Phi) is 5.16. The standard InChI is InChI=1S/C18H20N2O/c1-2-5-15-6-3-4-7-17(15)20-18(21)13-10-14-8-11-16(19)12-9-14/h3-4,6-13H,2,5,19H2,1H3,(H,20,21)/b13-10+. The molecule has 0 aromatic heterocycles. The quantitative estimate of drug-likeness (QED) is 0.645. The van der Waals surface area contributed by atoms with E-state index in [9.17, 15) is 4.79 Å². The molecule has 0 radical (unpaired) electrons. The van der Waals surface area contributed by atoms with E-state index < -0.39 is 0 Å². The summed E-state index contributed by atoms with van der Waals surface area (Å²) >= 11 is 0. The summed E-state index contributed by atoms with van der Waals surface area (Å²) < 4.78 is 0. The third-order valence-electron chi connectivity index (χ3n) is 3.16. The summed E-state index contributed by atoms with van der Waals surface area (Å²) in [6.07, 6.45) is 5.32. The molecule has 21 heavy (non-hydrogen) atoms. The fourth-order valence-electron chi connectivity index (χ4n) is 2.08. The van der Waals surface area contributed by atoms with Crippen LogP contribution in [-0.2, 0) is 11.2 Å². The van der Waals surface area contributed by atoms with E-state index in [0.29, 0.717) is 5.69 Å². The molecule has 2 aromatic rings. The third kappa shape index (κ3) is 4.49. The number of nitrogens with one attached hydrogen (secondary N) is 1. The molecule has 0 saturated heterocycles. The molecule has 2 aromatic carbocycles. The zero-order valence-corrected chi connectivity index (χ0v) is 12.2. The lowest BCUT2D eigenvalue weighted by molar-refractivity contribution is -0.111. The van der Waals surface area contributed by atoms with Crippen molar-refractivity contribution in [3.8, 4) is 0 Å². The molecule has 0 aliphatic heterocycles. The average Bonchev–Trinajstić information content (AvgIpc) is 2.49. The molecule has 0 atom stereocenters. The van der Waals surface area contributed by atoms with Gasteiger partial charge in [-0.2, -0.15) is 0 Å². The summed E-state index contributed by atoms with van der Waals surface area (Å²) in [5.41, 5.74) is 9.33. The van der Waals surface area contributed by atoms with Gasteiger partial charge in [-0.25, -0.2) is 0 Å². The molecule has 0 saturated carbocycles. The lowest BCUT2D eigenvalue weighted by Crippen LogP contribution is -2.09. The monoisotopic (exact) mass is 280 g/mol. The first-order valence-electron chi connectivity index (χ1n) is 7.11. The highest BCUT2D eigenvalue weighted by Crippen LogP contribution is 2.17. The molecule has 1 amide bonds. The minimum atomic E-state index is -0.129. The predicted octanol–water partition coefficient (Wildman–Crippen LogP) is 3.87. The van der Waals surface area contributed by atoms with Gasteiger partial charge in [-0.05, 0) is 41.8 Å². The second-order valence-electron chi connectivity index (χ2n) is 4.90. The smallest absolute Gasteiger partial charge is 0.248 e. The zero-order chi connectivity index (χ0) is 15.1. The number of nitrogens with two attached hydrogens (primary N) is 1. The number of anilines is 2. The highest BCUT2D eigenvalue weighted by molar-refractivity contribution is 6.02. The second-order valence-corrected chi connectivity index (χ2v) is 4.90. The average molecular weight is 280 g/mol. The number of carbonyl (C=O) groups excluding carboxylic acids is 1. The fraction of sp³-hybridized carbons (Fsp3) is 0.167. The Morgan fingerprint density at radius 1 is 1.14 bits per heavy atom. The molecule has 3 N–H and O–H groups in total. The molecular weight excluding hydrogens is 260 g/mol. The van der Waals surface area contributed by atoms with Crippen LogP contribution in [-0.4, -0.2) is 5.91 Å². The highest BCUT2D eigenvalue weighted by Gasteiger charge is 2.03. The van der Waals surface area contributed by atoms with E-state index in [2.05, 4.69) is 12.2 Å². The van der Waals surface area contributed by atoms with Crippen LogP contribution in [0.25, 0.3) is 6.08 Å². The topological polar surface area (TPSA) is 55.1 Å². The summed E-state index contributed by atoms with van der Waals surface area (Å²) in [6.45, 7) is 2.12. The molecule has 0 aliphatic carbocycles. The van der Waals surface area contributed by atoms with Gasteiger partial charge in [0, 0.05) is 17.5 Å². The van der Waals surface area contributed by atoms with Crippen LogP contribution in [0.3, 0.4) is 0 Å². The Labute approximate surface area is 125 Å². The maximum atomic E-state index is 12.0. The van der Waals surface area contributed by atoms with Gasteiger partial charge in [-0.15, -0.1) is 0 Å². The molecule has 0 fully saturated rings. The lowest BCUT2D eigenvalue weighted by atomic mass is 10.1. The van der Waals surface area contributed by atoms with Crippen LogP contribution in [0.2, 0.25) is 0 Å². The van der Waals surface area contributed by atoms with Gasteiger partial charge in [0.05, 0.1) is 0 Å². The van der Waals surface area contributed by atoms with Crippen LogP contribution in [0.1, 0.15) is 24.5 Å². The van der Waals surface area contributed by atoms with E-state index in [4.69, 9.17) is 5.73 Å². The van der Waals surface area contributed by atoms with Crippen LogP contribution in [0.15, 0.2) is 54.6 Å². The summed E-state index contributed by atoms with van der Waals surface area (Å²) in [6, 6.07) is 15.3. The van der Waals surface area contributed by atoms with Crippen LogP contribution in [0.4, 0.5) is 11.4 Å². The van der Waals surface area contributed by atoms with Crippen molar-refractivity contribution in [2.45, 2.75) is 19.8 Å². The maximum Gasteiger partial charge on any atom is 0.248 e. The number of para-hydroxylation sites is 1. The number of amides is 1. The normalized spacial score (nSPS) is 10.7. The summed E-state index contributed by atoms with van der Waals surface area (Å²) in [5.74, 6) is -0.129. The molecule has 2 rings (SSSR count). The molecule has 0 spiro atoms. The molecule has 108 valence electrons. The summed E-state index contributed by atoms with van der Waals surface area (Å²) in [4.78, 5) is 12.0. The molecule has 3 nitrogen and oxygen atoms in total. The SMILES string of the molecule is CCCc1ccccc1NC(=O)/C=C/c1ccc(N)cc1. The van der Waals surface area contributed by atoms with Crippen molar-refractivity contribution in [2.24, 2.45) is 0 Å². The molecule has 0 aliphatic rings. The predicted molar refractivity (Wildman–Crippen MR) is 89.0 cm³/mol. The van der Waals surface area contributed by atoms with Crippen LogP contribution >= 0.6 is 0 Å².